The van der Waals surface area contributed by atoms with E-state index < -0.39 is 6.23 Å². The minimum atomic E-state index is -0.507. The Labute approximate surface area is 109 Å². The average molecular weight is 263 g/mol. The van der Waals surface area contributed by atoms with E-state index in [9.17, 15) is 9.59 Å². The minimum absolute atomic E-state index is 0.0103. The maximum absolute atomic E-state index is 11.9. The van der Waals surface area contributed by atoms with Crippen LogP contribution in [0.3, 0.4) is 0 Å². The molecule has 5 heteroatoms. The predicted molar refractivity (Wildman–Crippen MR) is 71.7 cm³/mol. The second-order valence-corrected chi connectivity index (χ2v) is 4.63. The zero-order valence-corrected chi connectivity index (χ0v) is 10.9. The lowest BCUT2D eigenvalue weighted by atomic mass is 10.1. The number of anilines is 1. The molecule has 94 valence electrons. The van der Waals surface area contributed by atoms with Crippen LogP contribution in [-0.2, 0) is 9.53 Å². The number of esters is 1. The van der Waals surface area contributed by atoms with Gasteiger partial charge in [-0.3, -0.25) is 4.79 Å². The smallest absolute Gasteiger partial charge is 0.332 e. The normalized spacial score (nSPS) is 17.7. The van der Waals surface area contributed by atoms with Crippen molar-refractivity contribution in [3.63, 3.8) is 0 Å². The highest BCUT2D eigenvalue weighted by Gasteiger charge is 2.19. The van der Waals surface area contributed by atoms with Crippen LogP contribution in [0.15, 0.2) is 30.4 Å². The molecule has 0 spiro atoms. The number of carbonyl (C=O) groups excluding carboxylic acids is 2. The summed E-state index contributed by atoms with van der Waals surface area (Å²) in [6.07, 6.45) is 4.22. The number of thioether (sulfide) groups is 1. The third-order valence-electron chi connectivity index (χ3n) is 2.61. The van der Waals surface area contributed by atoms with Crippen LogP contribution in [0, 0.1) is 6.92 Å². The van der Waals surface area contributed by atoms with Gasteiger partial charge in [-0.1, -0.05) is 23.9 Å². The van der Waals surface area contributed by atoms with Crippen LogP contribution in [0.1, 0.15) is 15.9 Å². The molecular formula is C13H13NO3S. The molecule has 0 aliphatic carbocycles. The molecule has 4 nitrogen and oxygen atoms in total. The molecule has 1 N–H and O–H groups in total. The van der Waals surface area contributed by atoms with Crippen molar-refractivity contribution >= 4 is 28.5 Å². The summed E-state index contributed by atoms with van der Waals surface area (Å²) in [6, 6.07) is 5.54. The van der Waals surface area contributed by atoms with Gasteiger partial charge in [-0.15, -0.1) is 0 Å². The highest BCUT2D eigenvalue weighted by atomic mass is 32.2. The van der Waals surface area contributed by atoms with Gasteiger partial charge in [0.1, 0.15) is 0 Å². The van der Waals surface area contributed by atoms with E-state index in [4.69, 9.17) is 4.74 Å². The summed E-state index contributed by atoms with van der Waals surface area (Å²) in [5.41, 5.74) is 2.20. The maximum Gasteiger partial charge on any atom is 0.332 e. The number of rotatable bonds is 3. The first-order valence-electron chi connectivity index (χ1n) is 5.45. The van der Waals surface area contributed by atoms with Gasteiger partial charge in [0.25, 0.3) is 0 Å². The number of ether oxygens (including phenoxy) is 1. The van der Waals surface area contributed by atoms with Gasteiger partial charge >= 0.3 is 5.97 Å². The molecule has 1 aliphatic heterocycles. The zero-order valence-electron chi connectivity index (χ0n) is 10.1. The molecule has 0 amide bonds. The first-order valence-corrected chi connectivity index (χ1v) is 6.67. The van der Waals surface area contributed by atoms with Crippen molar-refractivity contribution in [3.8, 4) is 0 Å². The summed E-state index contributed by atoms with van der Waals surface area (Å²) in [5, 5.41) is 3.02. The van der Waals surface area contributed by atoms with Crippen LogP contribution < -0.4 is 5.32 Å². The van der Waals surface area contributed by atoms with Crippen molar-refractivity contribution in [1.29, 1.82) is 0 Å². The molecule has 0 saturated carbocycles. The molecule has 1 unspecified atom stereocenters. The number of hydrogen-bond acceptors (Lipinski definition) is 5. The quantitative estimate of drug-likeness (QED) is 0.848. The van der Waals surface area contributed by atoms with Crippen molar-refractivity contribution in [2.75, 3.05) is 11.6 Å². The Morgan fingerprint density at radius 1 is 1.44 bits per heavy atom. The number of cyclic esters (lactones) is 1. The van der Waals surface area contributed by atoms with Gasteiger partial charge in [0.15, 0.2) is 6.23 Å². The van der Waals surface area contributed by atoms with Gasteiger partial charge in [-0.05, 0) is 30.9 Å². The van der Waals surface area contributed by atoms with Gasteiger partial charge in [-0.25, -0.2) is 4.79 Å². The Morgan fingerprint density at radius 2 is 2.22 bits per heavy atom. The lowest BCUT2D eigenvalue weighted by Gasteiger charge is -2.16. The maximum atomic E-state index is 11.9. The molecule has 1 aliphatic rings. The van der Waals surface area contributed by atoms with Crippen molar-refractivity contribution in [1.82, 2.24) is 0 Å². The summed E-state index contributed by atoms with van der Waals surface area (Å²) >= 11 is 1.16. The molecule has 0 aromatic heterocycles. The van der Waals surface area contributed by atoms with Gasteiger partial charge in [0.05, 0.1) is 5.56 Å². The van der Waals surface area contributed by atoms with Gasteiger partial charge < -0.3 is 10.1 Å². The molecule has 1 aromatic carbocycles. The Hall–Kier alpha value is -1.75. The fourth-order valence-electron chi connectivity index (χ4n) is 1.76. The van der Waals surface area contributed by atoms with E-state index in [-0.39, 0.29) is 11.1 Å². The summed E-state index contributed by atoms with van der Waals surface area (Å²) < 4.78 is 4.99. The standard InChI is InChI=1S/C13H13NO3S/c1-8-4-3-5-9(12(8)13(16)18-2)14-10-6-7-11(15)17-10/h3-7,10,14H,1-2H3. The van der Waals surface area contributed by atoms with Crippen molar-refractivity contribution < 1.29 is 14.3 Å². The third kappa shape index (κ3) is 2.56. The van der Waals surface area contributed by atoms with E-state index in [2.05, 4.69) is 5.32 Å². The van der Waals surface area contributed by atoms with E-state index in [0.717, 1.165) is 17.3 Å². The van der Waals surface area contributed by atoms with E-state index in [1.165, 1.54) is 6.08 Å². The van der Waals surface area contributed by atoms with E-state index >= 15 is 0 Å². The fraction of sp³-hybridized carbons (Fsp3) is 0.231. The Bertz CT molecular complexity index is 525. The van der Waals surface area contributed by atoms with Crippen molar-refractivity contribution in [2.45, 2.75) is 13.2 Å². The van der Waals surface area contributed by atoms with Crippen LogP contribution in [0.25, 0.3) is 0 Å². The first kappa shape index (κ1) is 12.7. The van der Waals surface area contributed by atoms with Crippen molar-refractivity contribution in [2.24, 2.45) is 0 Å². The van der Waals surface area contributed by atoms with Gasteiger partial charge in [0.2, 0.25) is 5.12 Å². The summed E-state index contributed by atoms with van der Waals surface area (Å²) in [7, 11) is 0. The van der Waals surface area contributed by atoms with Crippen LogP contribution >= 0.6 is 11.8 Å². The van der Waals surface area contributed by atoms with E-state index in [1.807, 2.05) is 19.1 Å². The molecule has 0 saturated heterocycles. The predicted octanol–water partition coefficient (Wildman–Crippen LogP) is 2.35. The second-order valence-electron chi connectivity index (χ2n) is 3.85. The van der Waals surface area contributed by atoms with E-state index in [0.29, 0.717) is 11.3 Å². The minimum Gasteiger partial charge on any atom is -0.435 e. The van der Waals surface area contributed by atoms with Gasteiger partial charge in [-0.2, -0.15) is 0 Å². The number of carbonyl (C=O) groups is 2. The largest absolute Gasteiger partial charge is 0.435 e. The first-order chi connectivity index (χ1) is 8.61. The topological polar surface area (TPSA) is 55.4 Å². The average Bonchev–Trinajstić information content (AvgIpc) is 2.74. The Balaban J connectivity index is 2.27. The third-order valence-corrected chi connectivity index (χ3v) is 3.19. The highest BCUT2D eigenvalue weighted by Crippen LogP contribution is 2.25. The molecule has 1 atom stereocenters. The Kier molecular flexibility index (Phi) is 3.72. The molecule has 0 bridgehead atoms. The second kappa shape index (κ2) is 5.27. The zero-order chi connectivity index (χ0) is 13.1. The lowest BCUT2D eigenvalue weighted by molar-refractivity contribution is -0.137. The SMILES string of the molecule is CSC(=O)c1c(C)cccc1NC1C=CC(=O)O1. The number of nitrogens with one attached hydrogen (secondary N) is 1. The van der Waals surface area contributed by atoms with Crippen LogP contribution in [-0.4, -0.2) is 23.6 Å². The van der Waals surface area contributed by atoms with Crippen molar-refractivity contribution in [3.05, 3.63) is 41.5 Å². The summed E-state index contributed by atoms with van der Waals surface area (Å²) in [6.45, 7) is 1.88. The van der Waals surface area contributed by atoms with Crippen LogP contribution in [0.4, 0.5) is 5.69 Å². The van der Waals surface area contributed by atoms with E-state index in [1.54, 1.807) is 18.4 Å². The molecule has 1 heterocycles. The molecular weight excluding hydrogens is 250 g/mol. The number of aryl methyl sites for hydroxylation is 1. The molecule has 1 aromatic rings. The Morgan fingerprint density at radius 3 is 2.83 bits per heavy atom. The number of hydrogen-bond donors (Lipinski definition) is 1. The highest BCUT2D eigenvalue weighted by molar-refractivity contribution is 8.13. The fourth-order valence-corrected chi connectivity index (χ4v) is 2.24. The van der Waals surface area contributed by atoms with Crippen LogP contribution in [0.5, 0.6) is 0 Å². The van der Waals surface area contributed by atoms with Gasteiger partial charge in [0, 0.05) is 11.8 Å². The molecule has 2 rings (SSSR count). The lowest BCUT2D eigenvalue weighted by Crippen LogP contribution is -2.20. The molecule has 0 radical (unpaired) electrons. The summed E-state index contributed by atoms with van der Waals surface area (Å²) in [5.74, 6) is -0.377. The monoisotopic (exact) mass is 263 g/mol. The summed E-state index contributed by atoms with van der Waals surface area (Å²) in [4.78, 5) is 22.9. The molecule has 0 fully saturated rings. The van der Waals surface area contributed by atoms with Crippen LogP contribution in [0.2, 0.25) is 0 Å². The molecule has 18 heavy (non-hydrogen) atoms. The number of benzene rings is 1.